The Morgan fingerprint density at radius 2 is 1.96 bits per heavy atom. The van der Waals surface area contributed by atoms with E-state index in [0.717, 1.165) is 50.4 Å². The van der Waals surface area contributed by atoms with Gasteiger partial charge in [-0.05, 0) is 44.2 Å². The summed E-state index contributed by atoms with van der Waals surface area (Å²) in [5, 5.41) is 18.7. The molecule has 7 heteroatoms. The van der Waals surface area contributed by atoms with Gasteiger partial charge in [0.1, 0.15) is 5.82 Å². The van der Waals surface area contributed by atoms with Crippen molar-refractivity contribution < 1.29 is 15.0 Å². The fourth-order valence-corrected chi connectivity index (χ4v) is 4.15. The van der Waals surface area contributed by atoms with E-state index in [-0.39, 0.29) is 12.6 Å². The summed E-state index contributed by atoms with van der Waals surface area (Å²) < 4.78 is 0. The summed E-state index contributed by atoms with van der Waals surface area (Å²) in [6.07, 6.45) is 2.88. The van der Waals surface area contributed by atoms with Crippen molar-refractivity contribution >= 4 is 11.9 Å². The molecule has 2 aliphatic heterocycles. The summed E-state index contributed by atoms with van der Waals surface area (Å²) >= 11 is 0. The Morgan fingerprint density at radius 1 is 1.23 bits per heavy atom. The van der Waals surface area contributed by atoms with E-state index in [1.807, 2.05) is 12.1 Å². The standard InChI is InChI=1S/C19H30N4O3/c1-14(2)22-9-10-23(19(25)26)17(12-22)16-5-7-21(8-6-16)18-4-3-15(13-24)11-20-18/h3-4,11,14,16-17,24H,5-10,12-13H2,1-2H3,(H,25,26). The Kier molecular flexibility index (Phi) is 5.98. The van der Waals surface area contributed by atoms with Crippen LogP contribution in [0.1, 0.15) is 32.3 Å². The van der Waals surface area contributed by atoms with Gasteiger partial charge in [-0.2, -0.15) is 0 Å². The molecule has 1 aromatic rings. The summed E-state index contributed by atoms with van der Waals surface area (Å²) in [7, 11) is 0. The van der Waals surface area contributed by atoms with E-state index in [0.29, 0.717) is 18.5 Å². The summed E-state index contributed by atoms with van der Waals surface area (Å²) in [5.74, 6) is 1.32. The molecule has 2 fully saturated rings. The lowest BCUT2D eigenvalue weighted by molar-refractivity contribution is 0.0258. The minimum atomic E-state index is -0.790. The highest BCUT2D eigenvalue weighted by molar-refractivity contribution is 5.65. The Bertz CT molecular complexity index is 599. The number of carbonyl (C=O) groups is 1. The van der Waals surface area contributed by atoms with Crippen LogP contribution in [0, 0.1) is 5.92 Å². The van der Waals surface area contributed by atoms with Crippen molar-refractivity contribution in [1.82, 2.24) is 14.8 Å². The van der Waals surface area contributed by atoms with Gasteiger partial charge < -0.3 is 20.0 Å². The number of carboxylic acid groups (broad SMARTS) is 1. The molecule has 2 saturated heterocycles. The molecule has 1 amide bonds. The molecule has 0 radical (unpaired) electrons. The maximum atomic E-state index is 11.7. The molecule has 144 valence electrons. The first-order valence-electron chi connectivity index (χ1n) is 9.54. The topological polar surface area (TPSA) is 80.1 Å². The highest BCUT2D eigenvalue weighted by Crippen LogP contribution is 2.29. The number of piperidine rings is 1. The third-order valence-corrected chi connectivity index (χ3v) is 5.83. The van der Waals surface area contributed by atoms with Gasteiger partial charge in [0, 0.05) is 45.0 Å². The number of nitrogens with zero attached hydrogens (tertiary/aromatic N) is 4. The van der Waals surface area contributed by atoms with Gasteiger partial charge in [0.25, 0.3) is 0 Å². The zero-order valence-corrected chi connectivity index (χ0v) is 15.7. The first-order valence-corrected chi connectivity index (χ1v) is 9.54. The fourth-order valence-electron chi connectivity index (χ4n) is 4.15. The molecule has 3 rings (SSSR count). The van der Waals surface area contributed by atoms with Crippen LogP contribution < -0.4 is 4.90 Å². The summed E-state index contributed by atoms with van der Waals surface area (Å²) in [6.45, 7) is 8.40. The molecule has 0 bridgehead atoms. The molecule has 2 N–H and O–H groups in total. The quantitative estimate of drug-likeness (QED) is 0.851. The maximum Gasteiger partial charge on any atom is 0.407 e. The van der Waals surface area contributed by atoms with Crippen LogP contribution in [0.4, 0.5) is 10.6 Å². The molecule has 1 atom stereocenters. The highest BCUT2D eigenvalue weighted by Gasteiger charge is 2.37. The predicted octanol–water partition coefficient (Wildman–Crippen LogP) is 1.86. The highest BCUT2D eigenvalue weighted by atomic mass is 16.4. The Hall–Kier alpha value is -1.86. The lowest BCUT2D eigenvalue weighted by atomic mass is 9.87. The molecule has 26 heavy (non-hydrogen) atoms. The number of aromatic nitrogens is 1. The lowest BCUT2D eigenvalue weighted by Crippen LogP contribution is -2.60. The third kappa shape index (κ3) is 4.10. The zero-order valence-electron chi connectivity index (χ0n) is 15.7. The van der Waals surface area contributed by atoms with Crippen molar-refractivity contribution in [2.75, 3.05) is 37.6 Å². The first kappa shape index (κ1) is 18.9. The number of hydrogen-bond acceptors (Lipinski definition) is 5. The summed E-state index contributed by atoms with van der Waals surface area (Å²) in [6, 6.07) is 4.39. The van der Waals surface area contributed by atoms with Crippen LogP contribution in [0.2, 0.25) is 0 Å². The number of rotatable bonds is 4. The normalized spacial score (nSPS) is 22.8. The minimum absolute atomic E-state index is 0.00834. The van der Waals surface area contributed by atoms with Crippen LogP contribution in [-0.4, -0.2) is 75.9 Å². The molecule has 1 aromatic heterocycles. The number of hydrogen-bond donors (Lipinski definition) is 2. The van der Waals surface area contributed by atoms with Crippen molar-refractivity contribution in [2.24, 2.45) is 5.92 Å². The number of aliphatic hydroxyl groups excluding tert-OH is 1. The molecule has 0 aromatic carbocycles. The summed E-state index contributed by atoms with van der Waals surface area (Å²) in [4.78, 5) is 22.4. The van der Waals surface area contributed by atoms with E-state index in [1.54, 1.807) is 11.1 Å². The van der Waals surface area contributed by atoms with Crippen LogP contribution in [0.25, 0.3) is 0 Å². The van der Waals surface area contributed by atoms with Gasteiger partial charge in [0.2, 0.25) is 0 Å². The van der Waals surface area contributed by atoms with E-state index in [2.05, 4.69) is 28.6 Å². The van der Waals surface area contributed by atoms with E-state index in [1.165, 1.54) is 0 Å². The van der Waals surface area contributed by atoms with Crippen LogP contribution in [0.3, 0.4) is 0 Å². The molecule has 3 heterocycles. The molecule has 0 spiro atoms. The first-order chi connectivity index (χ1) is 12.5. The third-order valence-electron chi connectivity index (χ3n) is 5.83. The molecule has 0 aliphatic carbocycles. The van der Waals surface area contributed by atoms with E-state index in [9.17, 15) is 9.90 Å². The van der Waals surface area contributed by atoms with E-state index < -0.39 is 6.09 Å². The average molecular weight is 362 g/mol. The fraction of sp³-hybridized carbons (Fsp3) is 0.684. The number of amides is 1. The maximum absolute atomic E-state index is 11.7. The van der Waals surface area contributed by atoms with Gasteiger partial charge in [-0.1, -0.05) is 6.07 Å². The summed E-state index contributed by atoms with van der Waals surface area (Å²) in [5.41, 5.74) is 0.816. The Balaban J connectivity index is 1.63. The van der Waals surface area contributed by atoms with Crippen molar-refractivity contribution in [2.45, 2.75) is 45.4 Å². The molecule has 0 saturated carbocycles. The van der Waals surface area contributed by atoms with E-state index >= 15 is 0 Å². The van der Waals surface area contributed by atoms with Gasteiger partial charge in [-0.15, -0.1) is 0 Å². The van der Waals surface area contributed by atoms with Crippen LogP contribution in [0.15, 0.2) is 18.3 Å². The smallest absolute Gasteiger partial charge is 0.407 e. The largest absolute Gasteiger partial charge is 0.465 e. The van der Waals surface area contributed by atoms with Crippen molar-refractivity contribution in [1.29, 1.82) is 0 Å². The Morgan fingerprint density at radius 3 is 2.50 bits per heavy atom. The number of anilines is 1. The SMILES string of the molecule is CC(C)N1CCN(C(=O)O)C(C2CCN(c3ccc(CO)cn3)CC2)C1. The van der Waals surface area contributed by atoms with Gasteiger partial charge in [0.15, 0.2) is 0 Å². The molecule has 2 aliphatic rings. The zero-order chi connectivity index (χ0) is 18.7. The molecular formula is C19H30N4O3. The lowest BCUT2D eigenvalue weighted by Gasteiger charge is -2.47. The second-order valence-corrected chi connectivity index (χ2v) is 7.64. The molecular weight excluding hydrogens is 332 g/mol. The predicted molar refractivity (Wildman–Crippen MR) is 100 cm³/mol. The van der Waals surface area contributed by atoms with Crippen molar-refractivity contribution in [3.05, 3.63) is 23.9 Å². The van der Waals surface area contributed by atoms with Gasteiger partial charge >= 0.3 is 6.09 Å². The van der Waals surface area contributed by atoms with Crippen molar-refractivity contribution in [3.8, 4) is 0 Å². The second kappa shape index (κ2) is 8.22. The van der Waals surface area contributed by atoms with Gasteiger partial charge in [0.05, 0.1) is 12.6 Å². The average Bonchev–Trinajstić information content (AvgIpc) is 2.67. The van der Waals surface area contributed by atoms with Crippen molar-refractivity contribution in [3.63, 3.8) is 0 Å². The van der Waals surface area contributed by atoms with E-state index in [4.69, 9.17) is 5.11 Å². The van der Waals surface area contributed by atoms with Crippen LogP contribution in [0.5, 0.6) is 0 Å². The number of pyridine rings is 1. The van der Waals surface area contributed by atoms with Gasteiger partial charge in [-0.25, -0.2) is 9.78 Å². The Labute approximate surface area is 155 Å². The number of aliphatic hydroxyl groups is 1. The monoisotopic (exact) mass is 362 g/mol. The number of piperazine rings is 1. The second-order valence-electron chi connectivity index (χ2n) is 7.64. The van der Waals surface area contributed by atoms with Crippen LogP contribution >= 0.6 is 0 Å². The van der Waals surface area contributed by atoms with Gasteiger partial charge in [-0.3, -0.25) is 4.90 Å². The van der Waals surface area contributed by atoms with Crippen LogP contribution in [-0.2, 0) is 6.61 Å². The molecule has 7 nitrogen and oxygen atoms in total. The minimum Gasteiger partial charge on any atom is -0.465 e. The molecule has 1 unspecified atom stereocenters.